The fraction of sp³-hybridized carbons (Fsp3) is 0.320. The number of nitrogens with zero attached hydrogens (tertiary/aromatic N) is 2. The molecule has 32 heavy (non-hydrogen) atoms. The van der Waals surface area contributed by atoms with Crippen LogP contribution >= 0.6 is 0 Å². The lowest BCUT2D eigenvalue weighted by atomic mass is 10.1. The molecule has 0 radical (unpaired) electrons. The molecular weight excluding hydrogens is 404 g/mol. The topological polar surface area (TPSA) is 71.3 Å². The lowest BCUT2D eigenvalue weighted by Gasteiger charge is -2.19. The number of benzene rings is 2. The second-order valence-corrected chi connectivity index (χ2v) is 7.37. The number of hydrogen-bond acceptors (Lipinski definition) is 5. The van der Waals surface area contributed by atoms with E-state index in [9.17, 15) is 0 Å². The molecule has 3 rings (SSSR count). The zero-order chi connectivity index (χ0) is 22.8. The Labute approximate surface area is 190 Å². The molecule has 0 atom stereocenters. The van der Waals surface area contributed by atoms with Gasteiger partial charge in [-0.25, -0.2) is 0 Å². The van der Waals surface area contributed by atoms with E-state index < -0.39 is 0 Å². The molecule has 0 spiro atoms. The Morgan fingerprint density at radius 3 is 2.53 bits per heavy atom. The van der Waals surface area contributed by atoms with Gasteiger partial charge >= 0.3 is 0 Å². The Balaban J connectivity index is 1.62. The molecule has 0 fully saturated rings. The number of nitrogens with one attached hydrogen (secondary N) is 2. The summed E-state index contributed by atoms with van der Waals surface area (Å²) in [6.45, 7) is 4.75. The maximum Gasteiger partial charge on any atom is 0.195 e. The maximum atomic E-state index is 5.67. The summed E-state index contributed by atoms with van der Waals surface area (Å²) >= 11 is 0. The predicted molar refractivity (Wildman–Crippen MR) is 128 cm³/mol. The van der Waals surface area contributed by atoms with Crippen molar-refractivity contribution in [3.05, 3.63) is 77.7 Å². The van der Waals surface area contributed by atoms with E-state index >= 15 is 0 Å². The monoisotopic (exact) mass is 436 g/mol. The second-order valence-electron chi connectivity index (χ2n) is 7.37. The number of ether oxygens (including phenoxy) is 2. The summed E-state index contributed by atoms with van der Waals surface area (Å²) in [5.41, 5.74) is 3.34. The van der Waals surface area contributed by atoms with Gasteiger partial charge in [0.05, 0.1) is 26.5 Å². The summed E-state index contributed by atoms with van der Waals surface area (Å²) in [6.07, 6.45) is 1.71. The van der Waals surface area contributed by atoms with Gasteiger partial charge in [-0.2, -0.15) is 0 Å². The van der Waals surface area contributed by atoms with Crippen molar-refractivity contribution in [2.75, 3.05) is 33.1 Å². The van der Waals surface area contributed by atoms with Crippen LogP contribution in [0.4, 0.5) is 5.69 Å². The van der Waals surface area contributed by atoms with Gasteiger partial charge < -0.3 is 24.5 Å². The van der Waals surface area contributed by atoms with Crippen molar-refractivity contribution in [3.8, 4) is 11.5 Å². The molecule has 170 valence electrons. The molecule has 0 saturated carbocycles. The van der Waals surface area contributed by atoms with Gasteiger partial charge in [-0.1, -0.05) is 24.3 Å². The molecular formula is C25H32N4O3. The molecule has 7 heteroatoms. The highest BCUT2D eigenvalue weighted by atomic mass is 16.5. The van der Waals surface area contributed by atoms with Crippen molar-refractivity contribution < 1.29 is 13.9 Å². The third kappa shape index (κ3) is 6.52. The normalized spacial score (nSPS) is 11.5. The van der Waals surface area contributed by atoms with Crippen molar-refractivity contribution in [1.29, 1.82) is 0 Å². The van der Waals surface area contributed by atoms with Crippen LogP contribution in [-0.4, -0.2) is 38.7 Å². The van der Waals surface area contributed by atoms with Gasteiger partial charge in [-0.15, -0.1) is 0 Å². The molecule has 2 aromatic carbocycles. The molecule has 0 aliphatic heterocycles. The number of hydrogen-bond donors (Lipinski definition) is 2. The summed E-state index contributed by atoms with van der Waals surface area (Å²) in [6, 6.07) is 18.1. The van der Waals surface area contributed by atoms with Crippen LogP contribution in [0, 0.1) is 0 Å². The first kappa shape index (κ1) is 23.2. The van der Waals surface area contributed by atoms with Crippen molar-refractivity contribution in [1.82, 2.24) is 10.2 Å². The van der Waals surface area contributed by atoms with Crippen LogP contribution in [0.2, 0.25) is 0 Å². The van der Waals surface area contributed by atoms with E-state index in [1.807, 2.05) is 37.3 Å². The van der Waals surface area contributed by atoms with Crippen molar-refractivity contribution in [2.45, 2.75) is 26.6 Å². The fourth-order valence-corrected chi connectivity index (χ4v) is 3.42. The molecule has 0 amide bonds. The molecule has 0 saturated heterocycles. The van der Waals surface area contributed by atoms with Crippen LogP contribution in [0.25, 0.3) is 0 Å². The molecule has 1 aromatic heterocycles. The van der Waals surface area contributed by atoms with Crippen LogP contribution < -0.4 is 20.1 Å². The fourth-order valence-electron chi connectivity index (χ4n) is 3.42. The van der Waals surface area contributed by atoms with Crippen LogP contribution in [0.15, 0.2) is 70.3 Å². The number of guanidine groups is 1. The lowest BCUT2D eigenvalue weighted by Crippen LogP contribution is -2.30. The van der Waals surface area contributed by atoms with E-state index in [1.54, 1.807) is 20.4 Å². The number of methoxy groups -OCH3 is 1. The number of aliphatic imine (C=N–C) groups is 1. The zero-order valence-electron chi connectivity index (χ0n) is 19.2. The average Bonchev–Trinajstić information content (AvgIpc) is 3.30. The Bertz CT molecular complexity index is 1000. The summed E-state index contributed by atoms with van der Waals surface area (Å²) in [7, 11) is 5.48. The number of furan rings is 1. The standard InChI is InChI=1S/C25H32N4O3/c1-5-31-24-15-21(12-13-23(24)30-4)28-25(26-2)27-16-19-9-6-7-10-20(19)17-29(3)18-22-11-8-14-32-22/h6-15H,5,16-18H2,1-4H3,(H2,26,27,28). The minimum atomic E-state index is 0.567. The lowest BCUT2D eigenvalue weighted by molar-refractivity contribution is 0.287. The third-order valence-electron chi connectivity index (χ3n) is 4.96. The van der Waals surface area contributed by atoms with E-state index in [1.165, 1.54) is 11.1 Å². The minimum Gasteiger partial charge on any atom is -0.493 e. The van der Waals surface area contributed by atoms with Gasteiger partial charge in [-0.3, -0.25) is 9.89 Å². The zero-order valence-corrected chi connectivity index (χ0v) is 19.2. The molecule has 7 nitrogen and oxygen atoms in total. The van der Waals surface area contributed by atoms with E-state index in [0.717, 1.165) is 24.5 Å². The molecule has 0 aliphatic rings. The van der Waals surface area contributed by atoms with Gasteiger partial charge in [0.15, 0.2) is 17.5 Å². The Morgan fingerprint density at radius 1 is 1.03 bits per heavy atom. The van der Waals surface area contributed by atoms with Gasteiger partial charge in [0.25, 0.3) is 0 Å². The summed E-state index contributed by atoms with van der Waals surface area (Å²) in [5, 5.41) is 6.72. The molecule has 2 N–H and O–H groups in total. The molecule has 0 bridgehead atoms. The Kier molecular flexibility index (Phi) is 8.57. The number of rotatable bonds is 10. The largest absolute Gasteiger partial charge is 0.493 e. The van der Waals surface area contributed by atoms with Crippen molar-refractivity contribution in [3.63, 3.8) is 0 Å². The highest BCUT2D eigenvalue weighted by Crippen LogP contribution is 2.30. The van der Waals surface area contributed by atoms with Gasteiger partial charge in [0, 0.05) is 31.9 Å². The Morgan fingerprint density at radius 2 is 1.84 bits per heavy atom. The molecule has 0 unspecified atom stereocenters. The van der Waals surface area contributed by atoms with Gasteiger partial charge in [-0.05, 0) is 49.4 Å². The molecule has 1 heterocycles. The van der Waals surface area contributed by atoms with Crippen LogP contribution in [0.1, 0.15) is 23.8 Å². The molecule has 0 aliphatic carbocycles. The minimum absolute atomic E-state index is 0.567. The van der Waals surface area contributed by atoms with Gasteiger partial charge in [0.2, 0.25) is 0 Å². The first-order valence-electron chi connectivity index (χ1n) is 10.7. The quantitative estimate of drug-likeness (QED) is 0.360. The highest BCUT2D eigenvalue weighted by molar-refractivity contribution is 5.93. The van der Waals surface area contributed by atoms with E-state index in [0.29, 0.717) is 30.6 Å². The van der Waals surface area contributed by atoms with Crippen LogP contribution in [-0.2, 0) is 19.6 Å². The smallest absolute Gasteiger partial charge is 0.195 e. The van der Waals surface area contributed by atoms with Crippen molar-refractivity contribution in [2.24, 2.45) is 4.99 Å². The summed E-state index contributed by atoms with van der Waals surface area (Å²) in [5.74, 6) is 3.03. The van der Waals surface area contributed by atoms with Gasteiger partial charge in [0.1, 0.15) is 5.76 Å². The first-order valence-corrected chi connectivity index (χ1v) is 10.7. The predicted octanol–water partition coefficient (Wildman–Crippen LogP) is 4.51. The average molecular weight is 437 g/mol. The highest BCUT2D eigenvalue weighted by Gasteiger charge is 2.10. The SMILES string of the molecule is CCOc1cc(NC(=NC)NCc2ccccc2CN(C)Cc2ccco2)ccc1OC. The van der Waals surface area contributed by atoms with E-state index in [2.05, 4.69) is 51.8 Å². The summed E-state index contributed by atoms with van der Waals surface area (Å²) < 4.78 is 16.5. The van der Waals surface area contributed by atoms with Crippen LogP contribution in [0.3, 0.4) is 0 Å². The molecule has 3 aromatic rings. The van der Waals surface area contributed by atoms with E-state index in [4.69, 9.17) is 13.9 Å². The van der Waals surface area contributed by atoms with E-state index in [-0.39, 0.29) is 0 Å². The summed E-state index contributed by atoms with van der Waals surface area (Å²) in [4.78, 5) is 6.59. The Hall–Kier alpha value is -3.45. The first-order chi connectivity index (χ1) is 15.6. The third-order valence-corrected chi connectivity index (χ3v) is 4.96. The maximum absolute atomic E-state index is 5.67. The number of anilines is 1. The second kappa shape index (κ2) is 11.8. The van der Waals surface area contributed by atoms with Crippen molar-refractivity contribution >= 4 is 11.6 Å². The van der Waals surface area contributed by atoms with Crippen LogP contribution in [0.5, 0.6) is 11.5 Å².